The molecule has 0 saturated carbocycles. The van der Waals surface area contributed by atoms with E-state index in [9.17, 15) is 4.79 Å². The van der Waals surface area contributed by atoms with Crippen molar-refractivity contribution in [2.75, 3.05) is 0 Å². The van der Waals surface area contributed by atoms with Gasteiger partial charge in [-0.05, 0) is 30.4 Å². The van der Waals surface area contributed by atoms with E-state index in [1.807, 2.05) is 0 Å². The molecule has 0 aliphatic heterocycles. The zero-order chi connectivity index (χ0) is 11.7. The zero-order valence-electron chi connectivity index (χ0n) is 7.75. The average molecular weight is 274 g/mol. The van der Waals surface area contributed by atoms with Gasteiger partial charge in [0, 0.05) is 10.6 Å². The summed E-state index contributed by atoms with van der Waals surface area (Å²) in [6.45, 7) is 0. The van der Waals surface area contributed by atoms with Crippen LogP contribution in [-0.2, 0) is 0 Å². The van der Waals surface area contributed by atoms with Crippen molar-refractivity contribution >= 4 is 35.4 Å². The molecular formula is C9H5Cl2N3OS. The van der Waals surface area contributed by atoms with Crippen LogP contribution in [0.15, 0.2) is 23.0 Å². The van der Waals surface area contributed by atoms with Crippen LogP contribution in [0.5, 0.6) is 0 Å². The van der Waals surface area contributed by atoms with Gasteiger partial charge in [-0.1, -0.05) is 23.2 Å². The van der Waals surface area contributed by atoms with Gasteiger partial charge in [-0.2, -0.15) is 5.10 Å². The highest BCUT2D eigenvalue weighted by Gasteiger charge is 2.09. The summed E-state index contributed by atoms with van der Waals surface area (Å²) in [6, 6.07) is 4.80. The van der Waals surface area contributed by atoms with E-state index in [0.29, 0.717) is 15.6 Å². The fourth-order valence-corrected chi connectivity index (χ4v) is 1.85. The number of aromatic amines is 2. The Kier molecular flexibility index (Phi) is 3.09. The molecule has 0 aliphatic rings. The summed E-state index contributed by atoms with van der Waals surface area (Å²) in [5.74, 6) is 0. The van der Waals surface area contributed by atoms with Gasteiger partial charge in [-0.25, -0.2) is 0 Å². The Morgan fingerprint density at radius 1 is 1.31 bits per heavy atom. The Morgan fingerprint density at radius 3 is 2.69 bits per heavy atom. The zero-order valence-corrected chi connectivity index (χ0v) is 10.1. The number of nitrogens with zero attached hydrogens (tertiary/aromatic N) is 1. The summed E-state index contributed by atoms with van der Waals surface area (Å²) in [6.07, 6.45) is 0. The lowest BCUT2D eigenvalue weighted by Gasteiger charge is -2.02. The van der Waals surface area contributed by atoms with Crippen molar-refractivity contribution in [3.63, 3.8) is 0 Å². The quantitative estimate of drug-likeness (QED) is 0.786. The van der Waals surface area contributed by atoms with E-state index in [1.165, 1.54) is 0 Å². The van der Waals surface area contributed by atoms with Crippen molar-refractivity contribution < 1.29 is 0 Å². The molecule has 0 unspecified atom stereocenters. The minimum Gasteiger partial charge on any atom is -0.296 e. The molecule has 2 rings (SSSR count). The first kappa shape index (κ1) is 11.3. The normalized spacial score (nSPS) is 10.4. The molecule has 16 heavy (non-hydrogen) atoms. The van der Waals surface area contributed by atoms with E-state index in [0.717, 1.165) is 0 Å². The molecule has 2 aromatic rings. The smallest absolute Gasteiger partial charge is 0.278 e. The molecule has 1 heterocycles. The van der Waals surface area contributed by atoms with Crippen LogP contribution in [0, 0.1) is 4.77 Å². The topological polar surface area (TPSA) is 61.5 Å². The molecule has 0 spiro atoms. The second-order valence-electron chi connectivity index (χ2n) is 2.98. The van der Waals surface area contributed by atoms with E-state index in [2.05, 4.69) is 15.2 Å². The van der Waals surface area contributed by atoms with Crippen molar-refractivity contribution in [1.29, 1.82) is 0 Å². The van der Waals surface area contributed by atoms with Gasteiger partial charge in [0.05, 0.1) is 5.02 Å². The number of halogens is 2. The number of H-pyrrole nitrogens is 2. The molecule has 0 saturated heterocycles. The van der Waals surface area contributed by atoms with Gasteiger partial charge < -0.3 is 0 Å². The predicted octanol–water partition coefficient (Wildman–Crippen LogP) is 2.80. The lowest BCUT2D eigenvalue weighted by molar-refractivity contribution is 0.932. The van der Waals surface area contributed by atoms with Crippen LogP contribution in [0.25, 0.3) is 11.3 Å². The summed E-state index contributed by atoms with van der Waals surface area (Å²) in [5.41, 5.74) is 0.279. The number of aromatic nitrogens is 3. The van der Waals surface area contributed by atoms with Gasteiger partial charge in [0.1, 0.15) is 0 Å². The van der Waals surface area contributed by atoms with Crippen LogP contribution >= 0.6 is 35.4 Å². The minimum absolute atomic E-state index is 0.166. The van der Waals surface area contributed by atoms with Crippen LogP contribution in [0.4, 0.5) is 0 Å². The monoisotopic (exact) mass is 273 g/mol. The summed E-state index contributed by atoms with van der Waals surface area (Å²) >= 11 is 16.4. The number of hydrogen-bond acceptors (Lipinski definition) is 3. The SMILES string of the molecule is O=c1[nH]c(=S)[nH]nc1-c1ccc(Cl)cc1Cl. The van der Waals surface area contributed by atoms with Gasteiger partial charge in [0.15, 0.2) is 10.5 Å². The lowest BCUT2D eigenvalue weighted by Crippen LogP contribution is -2.13. The molecule has 0 amide bonds. The van der Waals surface area contributed by atoms with Crippen molar-refractivity contribution in [3.05, 3.63) is 43.4 Å². The predicted molar refractivity (Wildman–Crippen MR) is 65.5 cm³/mol. The number of rotatable bonds is 1. The highest BCUT2D eigenvalue weighted by atomic mass is 35.5. The molecule has 7 heteroatoms. The summed E-state index contributed by atoms with van der Waals surface area (Å²) in [5, 5.41) is 7.19. The maximum atomic E-state index is 11.6. The van der Waals surface area contributed by atoms with Crippen molar-refractivity contribution in [3.8, 4) is 11.3 Å². The summed E-state index contributed by atoms with van der Waals surface area (Å²) < 4.78 is 0.166. The van der Waals surface area contributed by atoms with Gasteiger partial charge in [0.2, 0.25) is 0 Å². The first-order valence-electron chi connectivity index (χ1n) is 4.22. The minimum atomic E-state index is -0.395. The highest BCUT2D eigenvalue weighted by molar-refractivity contribution is 7.71. The fraction of sp³-hybridized carbons (Fsp3) is 0. The van der Waals surface area contributed by atoms with Crippen LogP contribution in [0.2, 0.25) is 10.0 Å². The van der Waals surface area contributed by atoms with E-state index in [1.54, 1.807) is 18.2 Å². The molecule has 0 bridgehead atoms. The third kappa shape index (κ3) is 2.16. The first-order chi connectivity index (χ1) is 7.58. The van der Waals surface area contributed by atoms with Crippen LogP contribution in [-0.4, -0.2) is 15.2 Å². The maximum absolute atomic E-state index is 11.6. The third-order valence-electron chi connectivity index (χ3n) is 1.90. The van der Waals surface area contributed by atoms with Crippen LogP contribution < -0.4 is 5.56 Å². The van der Waals surface area contributed by atoms with Gasteiger partial charge in [0.25, 0.3) is 5.56 Å². The third-order valence-corrected chi connectivity index (χ3v) is 2.64. The van der Waals surface area contributed by atoms with Gasteiger partial charge >= 0.3 is 0 Å². The van der Waals surface area contributed by atoms with Crippen molar-refractivity contribution in [2.45, 2.75) is 0 Å². The molecule has 2 N–H and O–H groups in total. The van der Waals surface area contributed by atoms with E-state index in [-0.39, 0.29) is 10.5 Å². The van der Waals surface area contributed by atoms with Gasteiger partial charge in [-0.15, -0.1) is 0 Å². The molecule has 82 valence electrons. The second-order valence-corrected chi connectivity index (χ2v) is 4.23. The van der Waals surface area contributed by atoms with Crippen LogP contribution in [0.3, 0.4) is 0 Å². The Balaban J connectivity index is 2.68. The second kappa shape index (κ2) is 4.37. The maximum Gasteiger partial charge on any atom is 0.278 e. The molecule has 1 aromatic carbocycles. The summed E-state index contributed by atoms with van der Waals surface area (Å²) in [7, 11) is 0. The molecule has 4 nitrogen and oxygen atoms in total. The number of benzene rings is 1. The summed E-state index contributed by atoms with van der Waals surface area (Å²) in [4.78, 5) is 14.0. The largest absolute Gasteiger partial charge is 0.296 e. The molecular weight excluding hydrogens is 269 g/mol. The lowest BCUT2D eigenvalue weighted by atomic mass is 10.2. The fourth-order valence-electron chi connectivity index (χ4n) is 1.21. The Hall–Kier alpha value is -1.17. The van der Waals surface area contributed by atoms with E-state index in [4.69, 9.17) is 35.4 Å². The van der Waals surface area contributed by atoms with Crippen molar-refractivity contribution in [1.82, 2.24) is 15.2 Å². The molecule has 1 aromatic heterocycles. The molecule has 0 radical (unpaired) electrons. The van der Waals surface area contributed by atoms with E-state index < -0.39 is 5.56 Å². The molecule has 0 atom stereocenters. The Labute approximate surface area is 105 Å². The molecule has 0 fully saturated rings. The Bertz CT molecular complexity index is 650. The number of hydrogen-bond donors (Lipinski definition) is 2. The highest BCUT2D eigenvalue weighted by Crippen LogP contribution is 2.26. The van der Waals surface area contributed by atoms with Crippen LogP contribution in [0.1, 0.15) is 0 Å². The van der Waals surface area contributed by atoms with Crippen molar-refractivity contribution in [2.24, 2.45) is 0 Å². The molecule has 0 aliphatic carbocycles. The Morgan fingerprint density at radius 2 is 2.06 bits per heavy atom. The van der Waals surface area contributed by atoms with Gasteiger partial charge in [-0.3, -0.25) is 14.9 Å². The average Bonchev–Trinajstić information content (AvgIpc) is 2.19. The number of nitrogens with one attached hydrogen (secondary N) is 2. The van der Waals surface area contributed by atoms with E-state index >= 15 is 0 Å². The first-order valence-corrected chi connectivity index (χ1v) is 5.39. The standard InChI is InChI=1S/C9H5Cl2N3OS/c10-4-1-2-5(6(11)3-4)7-8(15)12-9(16)14-13-7/h1-3H,(H2,12,14,15,16).